The lowest BCUT2D eigenvalue weighted by atomic mass is 10.2. The van der Waals surface area contributed by atoms with Crippen LogP contribution in [0.5, 0.6) is 23.0 Å². The van der Waals surface area contributed by atoms with Gasteiger partial charge in [0, 0.05) is 21.9 Å². The van der Waals surface area contributed by atoms with E-state index in [1.807, 2.05) is 120 Å². The van der Waals surface area contributed by atoms with Gasteiger partial charge in [0.15, 0.2) is 10.3 Å². The molecule has 11 heteroatoms. The second kappa shape index (κ2) is 13.8. The van der Waals surface area contributed by atoms with Crippen LogP contribution in [0.2, 0.25) is 0 Å². The van der Waals surface area contributed by atoms with E-state index in [0.29, 0.717) is 20.0 Å². The Morgan fingerprint density at radius 2 is 0.872 bits per heavy atom. The van der Waals surface area contributed by atoms with Gasteiger partial charge < -0.3 is 9.47 Å². The summed E-state index contributed by atoms with van der Waals surface area (Å²) in [4.78, 5) is 35.8. The number of anilines is 2. The van der Waals surface area contributed by atoms with Crippen LogP contribution in [0.25, 0.3) is 22.5 Å². The number of amides is 2. The van der Waals surface area contributed by atoms with Crippen molar-refractivity contribution in [3.8, 4) is 45.5 Å². The molecule has 7 rings (SSSR count). The number of benzene rings is 4. The third kappa shape index (κ3) is 7.45. The number of aromatic nitrogens is 2. The first-order valence-electron chi connectivity index (χ1n) is 14.4. The molecule has 230 valence electrons. The van der Waals surface area contributed by atoms with Gasteiger partial charge in [0.25, 0.3) is 11.8 Å². The number of thiazole rings is 2. The molecular weight excluding hydrogens is 649 g/mol. The van der Waals surface area contributed by atoms with Crippen LogP contribution in [-0.2, 0) is 0 Å². The maximum Gasteiger partial charge on any atom is 0.267 e. The Balaban J connectivity index is 0.931. The van der Waals surface area contributed by atoms with Crippen molar-refractivity contribution < 1.29 is 19.1 Å². The number of nitrogens with zero attached hydrogens (tertiary/aromatic N) is 2. The average molecular weight is 673 g/mol. The molecule has 3 aromatic heterocycles. The molecule has 0 aliphatic rings. The zero-order chi connectivity index (χ0) is 32.0. The summed E-state index contributed by atoms with van der Waals surface area (Å²) in [6.45, 7) is 0. The maximum absolute atomic E-state index is 13.0. The normalized spacial score (nSPS) is 10.7. The molecule has 8 nitrogen and oxygen atoms in total. The molecule has 0 radical (unpaired) electrons. The highest BCUT2D eigenvalue weighted by Gasteiger charge is 2.17. The Kier molecular flexibility index (Phi) is 8.82. The van der Waals surface area contributed by atoms with Crippen LogP contribution in [0.15, 0.2) is 132 Å². The maximum atomic E-state index is 13.0. The SMILES string of the molecule is O=C(Nc1nc(-c2ccc(Oc3ccccc3)cc2)cs1)c1ccc(C(=O)Nc2nc(-c3ccc(Oc4ccccc4)cc3)cs2)s1. The van der Waals surface area contributed by atoms with Crippen molar-refractivity contribution in [1.82, 2.24) is 9.97 Å². The van der Waals surface area contributed by atoms with E-state index in [4.69, 9.17) is 9.47 Å². The second-order valence-electron chi connectivity index (χ2n) is 10.0. The standard InChI is InChI=1S/C36H24N4O4S3/c41-33(39-35-37-29(21-45-35)23-11-15-27(16-12-23)43-25-7-3-1-4-8-25)31-19-20-32(47-31)34(42)40-36-38-30(22-46-36)24-13-17-28(18-14-24)44-26-9-5-2-6-10-26/h1-22H,(H,37,39,41)(H,38,40,42). The highest BCUT2D eigenvalue weighted by molar-refractivity contribution is 7.17. The Morgan fingerprint density at radius 1 is 0.489 bits per heavy atom. The molecular formula is C36H24N4O4S3. The number of para-hydroxylation sites is 2. The summed E-state index contributed by atoms with van der Waals surface area (Å²) in [5.74, 6) is 2.29. The van der Waals surface area contributed by atoms with Gasteiger partial charge in [-0.3, -0.25) is 20.2 Å². The number of hydrogen-bond donors (Lipinski definition) is 2. The van der Waals surface area contributed by atoms with E-state index in [2.05, 4.69) is 20.6 Å². The fraction of sp³-hybridized carbons (Fsp3) is 0. The van der Waals surface area contributed by atoms with Gasteiger partial charge in [-0.25, -0.2) is 9.97 Å². The Hall–Kier alpha value is -5.62. The number of carbonyl (C=O) groups is 2. The van der Waals surface area contributed by atoms with Crippen LogP contribution in [0, 0.1) is 0 Å². The minimum Gasteiger partial charge on any atom is -0.457 e. The van der Waals surface area contributed by atoms with Crippen LogP contribution in [-0.4, -0.2) is 21.8 Å². The van der Waals surface area contributed by atoms with Gasteiger partial charge in [0.1, 0.15) is 23.0 Å². The summed E-state index contributed by atoms with van der Waals surface area (Å²) >= 11 is 3.76. The fourth-order valence-corrected chi connectivity index (χ4v) is 6.69. The molecule has 0 aliphatic heterocycles. The first-order chi connectivity index (χ1) is 23.1. The van der Waals surface area contributed by atoms with Crippen molar-refractivity contribution >= 4 is 56.1 Å². The van der Waals surface area contributed by atoms with Gasteiger partial charge in [-0.05, 0) is 84.9 Å². The van der Waals surface area contributed by atoms with E-state index < -0.39 is 0 Å². The molecule has 3 heterocycles. The molecule has 0 saturated carbocycles. The monoisotopic (exact) mass is 672 g/mol. The summed E-state index contributed by atoms with van der Waals surface area (Å²) in [5.41, 5.74) is 3.28. The first-order valence-corrected chi connectivity index (χ1v) is 16.9. The highest BCUT2D eigenvalue weighted by atomic mass is 32.1. The van der Waals surface area contributed by atoms with Crippen molar-refractivity contribution in [2.24, 2.45) is 0 Å². The van der Waals surface area contributed by atoms with Crippen LogP contribution in [0.1, 0.15) is 19.3 Å². The summed E-state index contributed by atoms with van der Waals surface area (Å²) in [7, 11) is 0. The number of nitrogens with one attached hydrogen (secondary N) is 2. The lowest BCUT2D eigenvalue weighted by Crippen LogP contribution is -2.11. The quantitative estimate of drug-likeness (QED) is 0.150. The Bertz CT molecular complexity index is 1970. The average Bonchev–Trinajstić information content (AvgIpc) is 3.89. The third-order valence-corrected chi connectivity index (χ3v) is 9.36. The molecule has 0 aliphatic carbocycles. The van der Waals surface area contributed by atoms with Crippen molar-refractivity contribution in [3.05, 3.63) is 142 Å². The zero-order valence-electron chi connectivity index (χ0n) is 24.5. The van der Waals surface area contributed by atoms with Crippen LogP contribution in [0.4, 0.5) is 10.3 Å². The molecule has 0 fully saturated rings. The topological polar surface area (TPSA) is 102 Å². The van der Waals surface area contributed by atoms with E-state index in [0.717, 1.165) is 56.8 Å². The summed E-state index contributed by atoms with van der Waals surface area (Å²) in [6.07, 6.45) is 0. The molecule has 0 bridgehead atoms. The van der Waals surface area contributed by atoms with Gasteiger partial charge in [0.2, 0.25) is 0 Å². The van der Waals surface area contributed by atoms with Gasteiger partial charge in [0.05, 0.1) is 21.1 Å². The lowest BCUT2D eigenvalue weighted by Gasteiger charge is -2.05. The largest absolute Gasteiger partial charge is 0.457 e. The van der Waals surface area contributed by atoms with E-state index in [-0.39, 0.29) is 11.8 Å². The second-order valence-corrected chi connectivity index (χ2v) is 12.8. The molecule has 2 amide bonds. The number of thiophene rings is 1. The Morgan fingerprint density at radius 3 is 1.28 bits per heavy atom. The van der Waals surface area contributed by atoms with E-state index in [1.54, 1.807) is 12.1 Å². The van der Waals surface area contributed by atoms with Crippen LogP contribution < -0.4 is 20.1 Å². The number of hydrogen-bond acceptors (Lipinski definition) is 9. The summed E-state index contributed by atoms with van der Waals surface area (Å²) in [6, 6.07) is 37.6. The van der Waals surface area contributed by atoms with Crippen LogP contribution >= 0.6 is 34.0 Å². The zero-order valence-corrected chi connectivity index (χ0v) is 26.9. The summed E-state index contributed by atoms with van der Waals surface area (Å²) < 4.78 is 11.7. The first kappa shape index (κ1) is 30.1. The molecule has 0 spiro atoms. The van der Waals surface area contributed by atoms with E-state index in [1.165, 1.54) is 22.7 Å². The summed E-state index contributed by atoms with van der Waals surface area (Å²) in [5, 5.41) is 10.4. The van der Waals surface area contributed by atoms with Crippen molar-refractivity contribution in [2.75, 3.05) is 10.6 Å². The lowest BCUT2D eigenvalue weighted by molar-refractivity contribution is 0.102. The smallest absolute Gasteiger partial charge is 0.267 e. The minimum absolute atomic E-state index is 0.335. The van der Waals surface area contributed by atoms with E-state index >= 15 is 0 Å². The van der Waals surface area contributed by atoms with Gasteiger partial charge in [-0.2, -0.15) is 0 Å². The van der Waals surface area contributed by atoms with Crippen molar-refractivity contribution in [3.63, 3.8) is 0 Å². The molecule has 2 N–H and O–H groups in total. The van der Waals surface area contributed by atoms with Crippen LogP contribution in [0.3, 0.4) is 0 Å². The molecule has 4 aromatic carbocycles. The molecule has 0 saturated heterocycles. The number of ether oxygens (including phenoxy) is 2. The Labute approximate surface area is 282 Å². The predicted octanol–water partition coefficient (Wildman–Crippen LogP) is 10.1. The molecule has 47 heavy (non-hydrogen) atoms. The number of carbonyl (C=O) groups excluding carboxylic acids is 2. The minimum atomic E-state index is -0.335. The number of rotatable bonds is 10. The van der Waals surface area contributed by atoms with Gasteiger partial charge in [-0.15, -0.1) is 34.0 Å². The fourth-order valence-electron chi connectivity index (χ4n) is 4.46. The predicted molar refractivity (Wildman–Crippen MR) is 188 cm³/mol. The van der Waals surface area contributed by atoms with Crippen molar-refractivity contribution in [2.45, 2.75) is 0 Å². The van der Waals surface area contributed by atoms with Crippen molar-refractivity contribution in [1.29, 1.82) is 0 Å². The molecule has 0 atom stereocenters. The van der Waals surface area contributed by atoms with E-state index in [9.17, 15) is 9.59 Å². The third-order valence-electron chi connectivity index (χ3n) is 6.76. The van der Waals surface area contributed by atoms with Gasteiger partial charge in [-0.1, -0.05) is 36.4 Å². The van der Waals surface area contributed by atoms with Gasteiger partial charge >= 0.3 is 0 Å². The molecule has 7 aromatic rings. The highest BCUT2D eigenvalue weighted by Crippen LogP contribution is 2.31. The molecule has 0 unspecified atom stereocenters.